The van der Waals surface area contributed by atoms with Crippen molar-refractivity contribution in [2.45, 2.75) is 6.92 Å². The van der Waals surface area contributed by atoms with Gasteiger partial charge in [-0.1, -0.05) is 0 Å². The molecule has 1 aliphatic heterocycles. The molecular formula is C16H16FN5O. The highest BCUT2D eigenvalue weighted by Crippen LogP contribution is 2.24. The monoisotopic (exact) mass is 313 g/mol. The number of aryl methyl sites for hydroxylation is 1. The molecule has 0 bridgehead atoms. The molecule has 0 amide bonds. The summed E-state index contributed by atoms with van der Waals surface area (Å²) in [6.07, 6.45) is 0. The lowest BCUT2D eigenvalue weighted by molar-refractivity contribution is 0.421. The third kappa shape index (κ3) is 2.81. The lowest BCUT2D eigenvalue weighted by Gasteiger charge is -2.39. The smallest absolute Gasteiger partial charge is 0.295 e. The van der Waals surface area contributed by atoms with Crippen molar-refractivity contribution in [2.75, 3.05) is 29.9 Å². The lowest BCUT2D eigenvalue weighted by Crippen LogP contribution is -2.50. The molecule has 0 saturated carbocycles. The van der Waals surface area contributed by atoms with Gasteiger partial charge in [0.15, 0.2) is 11.4 Å². The molecule has 0 atom stereocenters. The predicted octanol–water partition coefficient (Wildman–Crippen LogP) is 2.61. The molecule has 0 spiro atoms. The van der Waals surface area contributed by atoms with Crippen LogP contribution in [0.2, 0.25) is 0 Å². The molecule has 2 aromatic heterocycles. The largest absolute Gasteiger partial charge is 0.424 e. The molecule has 1 aromatic carbocycles. The van der Waals surface area contributed by atoms with Crippen LogP contribution < -0.4 is 10.2 Å². The predicted molar refractivity (Wildman–Crippen MR) is 84.9 cm³/mol. The summed E-state index contributed by atoms with van der Waals surface area (Å²) in [6.45, 7) is 4.51. The highest BCUT2D eigenvalue weighted by molar-refractivity contribution is 5.74. The Morgan fingerprint density at radius 2 is 2.13 bits per heavy atom. The van der Waals surface area contributed by atoms with E-state index in [-0.39, 0.29) is 5.82 Å². The Balaban J connectivity index is 1.32. The molecule has 23 heavy (non-hydrogen) atoms. The zero-order chi connectivity index (χ0) is 15.8. The van der Waals surface area contributed by atoms with Crippen LogP contribution in [0.3, 0.4) is 0 Å². The molecule has 1 aliphatic rings. The third-order valence-electron chi connectivity index (χ3n) is 3.96. The van der Waals surface area contributed by atoms with Crippen molar-refractivity contribution < 1.29 is 8.81 Å². The molecule has 1 N–H and O–H groups in total. The number of nitrogens with one attached hydrogen (secondary N) is 1. The minimum Gasteiger partial charge on any atom is -0.424 e. The first-order valence-electron chi connectivity index (χ1n) is 7.52. The van der Waals surface area contributed by atoms with E-state index in [0.29, 0.717) is 23.0 Å². The van der Waals surface area contributed by atoms with Gasteiger partial charge in [-0.05, 0) is 31.2 Å². The van der Waals surface area contributed by atoms with Crippen molar-refractivity contribution in [1.82, 2.24) is 15.2 Å². The van der Waals surface area contributed by atoms with E-state index in [4.69, 9.17) is 4.42 Å². The van der Waals surface area contributed by atoms with Gasteiger partial charge in [-0.3, -0.25) is 0 Å². The van der Waals surface area contributed by atoms with E-state index in [2.05, 4.69) is 25.4 Å². The quantitative estimate of drug-likeness (QED) is 0.798. The number of benzene rings is 1. The maximum absolute atomic E-state index is 13.1. The highest BCUT2D eigenvalue weighted by Gasteiger charge is 2.28. The number of hydrogen-bond acceptors (Lipinski definition) is 6. The van der Waals surface area contributed by atoms with Crippen LogP contribution in [-0.4, -0.2) is 34.8 Å². The van der Waals surface area contributed by atoms with Crippen molar-refractivity contribution in [3.63, 3.8) is 0 Å². The highest BCUT2D eigenvalue weighted by atomic mass is 19.1. The first-order valence-corrected chi connectivity index (χ1v) is 7.52. The van der Waals surface area contributed by atoms with E-state index in [1.807, 2.05) is 19.1 Å². The number of halogens is 1. The summed E-state index contributed by atoms with van der Waals surface area (Å²) >= 11 is 0. The molecular weight excluding hydrogens is 297 g/mol. The molecule has 0 unspecified atom stereocenters. The molecule has 4 rings (SSSR count). The summed E-state index contributed by atoms with van der Waals surface area (Å²) in [5.74, 6) is 1.08. The maximum atomic E-state index is 13.1. The van der Waals surface area contributed by atoms with E-state index in [1.54, 1.807) is 6.07 Å². The van der Waals surface area contributed by atoms with Gasteiger partial charge >= 0.3 is 0 Å². The fraction of sp³-hybridized carbons (Fsp3) is 0.312. The molecule has 3 heterocycles. The minimum atomic E-state index is -0.314. The first-order chi connectivity index (χ1) is 11.2. The van der Waals surface area contributed by atoms with E-state index >= 15 is 0 Å². The molecule has 0 aliphatic carbocycles. The number of aromatic nitrogens is 3. The minimum absolute atomic E-state index is 0.314. The summed E-state index contributed by atoms with van der Waals surface area (Å²) < 4.78 is 18.7. The average molecular weight is 313 g/mol. The van der Waals surface area contributed by atoms with Crippen molar-refractivity contribution >= 4 is 22.9 Å². The van der Waals surface area contributed by atoms with Gasteiger partial charge in [0.25, 0.3) is 6.01 Å². The van der Waals surface area contributed by atoms with Gasteiger partial charge in [0.05, 0.1) is 5.69 Å². The second kappa shape index (κ2) is 5.49. The van der Waals surface area contributed by atoms with Gasteiger partial charge in [0.1, 0.15) is 11.3 Å². The fourth-order valence-corrected chi connectivity index (χ4v) is 2.65. The average Bonchev–Trinajstić information content (AvgIpc) is 2.89. The normalized spacial score (nSPS) is 15.0. The van der Waals surface area contributed by atoms with Crippen molar-refractivity contribution in [1.29, 1.82) is 0 Å². The van der Waals surface area contributed by atoms with E-state index in [0.717, 1.165) is 31.1 Å². The van der Waals surface area contributed by atoms with Gasteiger partial charge in [-0.25, -0.2) is 4.39 Å². The first kappa shape index (κ1) is 13.9. The lowest BCUT2D eigenvalue weighted by atomic mass is 10.0. The Labute approximate surface area is 132 Å². The number of rotatable bonds is 4. The topological polar surface area (TPSA) is 67.1 Å². The molecule has 3 aromatic rings. The van der Waals surface area contributed by atoms with Crippen LogP contribution in [0.25, 0.3) is 11.1 Å². The zero-order valence-corrected chi connectivity index (χ0v) is 12.7. The summed E-state index contributed by atoms with van der Waals surface area (Å²) in [4.78, 5) is 6.42. The van der Waals surface area contributed by atoms with Crippen LogP contribution in [0.1, 0.15) is 5.69 Å². The second-order valence-corrected chi connectivity index (χ2v) is 5.82. The zero-order valence-electron chi connectivity index (χ0n) is 12.7. The number of hydrogen-bond donors (Lipinski definition) is 1. The Bertz CT molecular complexity index is 826. The Morgan fingerprint density at radius 1 is 1.26 bits per heavy atom. The van der Waals surface area contributed by atoms with Crippen molar-refractivity contribution in [2.24, 2.45) is 5.92 Å². The molecule has 1 saturated heterocycles. The fourth-order valence-electron chi connectivity index (χ4n) is 2.65. The van der Waals surface area contributed by atoms with E-state index in [1.165, 1.54) is 12.1 Å². The Kier molecular flexibility index (Phi) is 3.33. The maximum Gasteiger partial charge on any atom is 0.295 e. The number of oxazole rings is 1. The SMILES string of the molecule is Cc1ccc(N2CC(CNc3nc4cc(F)ccc4o3)C2)nn1. The number of nitrogens with zero attached hydrogens (tertiary/aromatic N) is 4. The third-order valence-corrected chi connectivity index (χ3v) is 3.96. The molecule has 118 valence electrons. The van der Waals surface area contributed by atoms with Crippen LogP contribution in [0.5, 0.6) is 0 Å². The second-order valence-electron chi connectivity index (χ2n) is 5.82. The van der Waals surface area contributed by atoms with Gasteiger partial charge in [-0.15, -0.1) is 5.10 Å². The molecule has 1 fully saturated rings. The van der Waals surface area contributed by atoms with Crippen LogP contribution >= 0.6 is 0 Å². The van der Waals surface area contributed by atoms with E-state index in [9.17, 15) is 4.39 Å². The summed E-state index contributed by atoms with van der Waals surface area (Å²) in [5.41, 5.74) is 2.02. The molecule has 6 nitrogen and oxygen atoms in total. The van der Waals surface area contributed by atoms with Gasteiger partial charge in [-0.2, -0.15) is 10.1 Å². The van der Waals surface area contributed by atoms with Gasteiger partial charge in [0.2, 0.25) is 0 Å². The van der Waals surface area contributed by atoms with Gasteiger partial charge in [0, 0.05) is 31.6 Å². The van der Waals surface area contributed by atoms with Crippen molar-refractivity contribution in [3.8, 4) is 0 Å². The standard InChI is InChI=1S/C16H16FN5O/c1-10-2-5-15(21-20-10)22-8-11(9-22)7-18-16-19-13-6-12(17)3-4-14(13)23-16/h2-6,11H,7-9H2,1H3,(H,18,19). The van der Waals surface area contributed by atoms with Gasteiger partial charge < -0.3 is 14.6 Å². The summed E-state index contributed by atoms with van der Waals surface area (Å²) in [5, 5.41) is 11.4. The molecule has 0 radical (unpaired) electrons. The van der Waals surface area contributed by atoms with Crippen LogP contribution in [-0.2, 0) is 0 Å². The Morgan fingerprint density at radius 3 is 2.91 bits per heavy atom. The van der Waals surface area contributed by atoms with Crippen LogP contribution in [0, 0.1) is 18.7 Å². The number of anilines is 2. The van der Waals surface area contributed by atoms with Crippen LogP contribution in [0.4, 0.5) is 16.2 Å². The Hall–Kier alpha value is -2.70. The number of fused-ring (bicyclic) bond motifs is 1. The summed E-state index contributed by atoms with van der Waals surface area (Å²) in [7, 11) is 0. The van der Waals surface area contributed by atoms with Crippen LogP contribution in [0.15, 0.2) is 34.7 Å². The molecule has 7 heteroatoms. The van der Waals surface area contributed by atoms with Crippen molar-refractivity contribution in [3.05, 3.63) is 41.8 Å². The van der Waals surface area contributed by atoms with E-state index < -0.39 is 0 Å². The summed E-state index contributed by atoms with van der Waals surface area (Å²) in [6, 6.07) is 8.70.